The van der Waals surface area contributed by atoms with Gasteiger partial charge in [-0.25, -0.2) is 4.39 Å². The first-order chi connectivity index (χ1) is 9.63. The summed E-state index contributed by atoms with van der Waals surface area (Å²) in [6.45, 7) is 2.83. The number of rotatable bonds is 5. The van der Waals surface area contributed by atoms with Crippen molar-refractivity contribution in [2.45, 2.75) is 19.4 Å². The predicted octanol–water partition coefficient (Wildman–Crippen LogP) is 4.62. The number of nitrogens with one attached hydrogen (secondary N) is 1. The van der Waals surface area contributed by atoms with Crippen molar-refractivity contribution in [1.29, 1.82) is 0 Å². The van der Waals surface area contributed by atoms with Crippen LogP contribution in [-0.2, 0) is 0 Å². The van der Waals surface area contributed by atoms with E-state index >= 15 is 0 Å². The Bertz CT molecular complexity index is 590. The van der Waals surface area contributed by atoms with Gasteiger partial charge < -0.3 is 5.32 Å². The molecule has 0 radical (unpaired) electrons. The topological polar surface area (TPSA) is 24.9 Å². The molecular weight excluding hydrogens is 298 g/mol. The van der Waals surface area contributed by atoms with Gasteiger partial charge in [0.05, 0.1) is 22.3 Å². The van der Waals surface area contributed by atoms with Crippen LogP contribution < -0.4 is 5.32 Å². The Morgan fingerprint density at radius 3 is 2.70 bits per heavy atom. The molecule has 0 spiro atoms. The first kappa shape index (κ1) is 15.2. The fraction of sp³-hybridized carbons (Fsp3) is 0.267. The van der Waals surface area contributed by atoms with Crippen LogP contribution in [0.15, 0.2) is 36.7 Å². The van der Waals surface area contributed by atoms with Crippen molar-refractivity contribution < 1.29 is 4.39 Å². The molecule has 0 amide bonds. The van der Waals surface area contributed by atoms with Gasteiger partial charge in [0.1, 0.15) is 5.82 Å². The molecule has 1 aromatic heterocycles. The maximum Gasteiger partial charge on any atom is 0.146 e. The van der Waals surface area contributed by atoms with Gasteiger partial charge in [-0.3, -0.25) is 4.98 Å². The molecule has 2 rings (SSSR count). The van der Waals surface area contributed by atoms with E-state index in [0.29, 0.717) is 15.6 Å². The second-order valence-corrected chi connectivity index (χ2v) is 5.27. The zero-order chi connectivity index (χ0) is 14.5. The smallest absolute Gasteiger partial charge is 0.146 e. The third-order valence-electron chi connectivity index (χ3n) is 2.99. The highest BCUT2D eigenvalue weighted by Gasteiger charge is 2.18. The zero-order valence-electron chi connectivity index (χ0n) is 11.0. The van der Waals surface area contributed by atoms with Crippen LogP contribution in [0.25, 0.3) is 0 Å². The summed E-state index contributed by atoms with van der Waals surface area (Å²) in [5.41, 5.74) is 1.42. The van der Waals surface area contributed by atoms with Gasteiger partial charge in [-0.15, -0.1) is 0 Å². The molecule has 1 unspecified atom stereocenters. The summed E-state index contributed by atoms with van der Waals surface area (Å²) < 4.78 is 14.0. The third-order valence-corrected chi connectivity index (χ3v) is 3.73. The molecule has 1 heterocycles. The third kappa shape index (κ3) is 3.48. The number of pyridine rings is 1. The summed E-state index contributed by atoms with van der Waals surface area (Å²) in [7, 11) is 0. The highest BCUT2D eigenvalue weighted by molar-refractivity contribution is 6.42. The van der Waals surface area contributed by atoms with Crippen LogP contribution in [0.1, 0.15) is 30.5 Å². The van der Waals surface area contributed by atoms with E-state index in [4.69, 9.17) is 23.2 Å². The Morgan fingerprint density at radius 1 is 1.25 bits per heavy atom. The lowest BCUT2D eigenvalue weighted by Crippen LogP contribution is -2.24. The fourth-order valence-electron chi connectivity index (χ4n) is 2.01. The van der Waals surface area contributed by atoms with E-state index in [-0.39, 0.29) is 11.9 Å². The van der Waals surface area contributed by atoms with E-state index in [1.54, 1.807) is 24.4 Å². The van der Waals surface area contributed by atoms with Crippen molar-refractivity contribution in [3.8, 4) is 0 Å². The Labute approximate surface area is 127 Å². The minimum absolute atomic E-state index is 0.271. The maximum atomic E-state index is 14.0. The highest BCUT2D eigenvalue weighted by atomic mass is 35.5. The molecule has 0 aliphatic rings. The van der Waals surface area contributed by atoms with E-state index in [1.165, 1.54) is 6.20 Å². The van der Waals surface area contributed by atoms with Crippen molar-refractivity contribution in [3.05, 3.63) is 63.6 Å². The number of halogens is 3. The van der Waals surface area contributed by atoms with Crippen LogP contribution >= 0.6 is 23.2 Å². The van der Waals surface area contributed by atoms with Gasteiger partial charge >= 0.3 is 0 Å². The Morgan fingerprint density at radius 2 is 2.05 bits per heavy atom. The molecular formula is C15H15Cl2FN2. The number of hydrogen-bond donors (Lipinski definition) is 1. The van der Waals surface area contributed by atoms with Crippen LogP contribution in [0, 0.1) is 5.82 Å². The molecule has 0 bridgehead atoms. The molecule has 0 aliphatic carbocycles. The minimum Gasteiger partial charge on any atom is -0.306 e. The second kappa shape index (κ2) is 7.02. The summed E-state index contributed by atoms with van der Waals surface area (Å²) >= 11 is 12.0. The molecule has 2 aromatic rings. The molecule has 1 aromatic carbocycles. The molecule has 0 fully saturated rings. The quantitative estimate of drug-likeness (QED) is 0.871. The lowest BCUT2D eigenvalue weighted by Gasteiger charge is -2.20. The molecule has 2 nitrogen and oxygen atoms in total. The molecule has 1 atom stereocenters. The molecule has 106 valence electrons. The maximum absolute atomic E-state index is 14.0. The van der Waals surface area contributed by atoms with Crippen LogP contribution in [0.2, 0.25) is 10.0 Å². The van der Waals surface area contributed by atoms with Gasteiger partial charge in [-0.1, -0.05) is 36.2 Å². The van der Waals surface area contributed by atoms with Crippen LogP contribution in [0.3, 0.4) is 0 Å². The SMILES string of the molecule is CCCNC(c1ccc(Cl)c(Cl)c1)c1ccncc1F. The summed E-state index contributed by atoms with van der Waals surface area (Å²) in [5, 5.41) is 4.27. The Kier molecular flexibility index (Phi) is 5.35. The number of hydrogen-bond acceptors (Lipinski definition) is 2. The van der Waals surface area contributed by atoms with Gasteiger partial charge in [0.2, 0.25) is 0 Å². The van der Waals surface area contributed by atoms with E-state index in [2.05, 4.69) is 17.2 Å². The Hall–Kier alpha value is -1.16. The molecule has 5 heteroatoms. The first-order valence-corrected chi connectivity index (χ1v) is 7.16. The van der Waals surface area contributed by atoms with Crippen LogP contribution in [0.4, 0.5) is 4.39 Å². The molecule has 20 heavy (non-hydrogen) atoms. The van der Waals surface area contributed by atoms with Crippen molar-refractivity contribution in [2.24, 2.45) is 0 Å². The first-order valence-electron chi connectivity index (χ1n) is 6.41. The largest absolute Gasteiger partial charge is 0.306 e. The highest BCUT2D eigenvalue weighted by Crippen LogP contribution is 2.29. The van der Waals surface area contributed by atoms with E-state index < -0.39 is 0 Å². The van der Waals surface area contributed by atoms with Crippen LogP contribution in [-0.4, -0.2) is 11.5 Å². The lowest BCUT2D eigenvalue weighted by atomic mass is 9.99. The van der Waals surface area contributed by atoms with Crippen molar-refractivity contribution in [1.82, 2.24) is 10.3 Å². The zero-order valence-corrected chi connectivity index (χ0v) is 12.5. The standard InChI is InChI=1S/C15H15Cl2FN2/c1-2-6-20-15(11-5-7-19-9-14(11)18)10-3-4-12(16)13(17)8-10/h3-5,7-9,15,20H,2,6H2,1H3. The van der Waals surface area contributed by atoms with Gasteiger partial charge in [0.15, 0.2) is 0 Å². The molecule has 0 saturated heterocycles. The number of aromatic nitrogens is 1. The predicted molar refractivity (Wildman–Crippen MR) is 80.8 cm³/mol. The fourth-order valence-corrected chi connectivity index (χ4v) is 2.31. The average Bonchev–Trinajstić information content (AvgIpc) is 2.44. The van der Waals surface area contributed by atoms with Crippen molar-refractivity contribution in [2.75, 3.05) is 6.54 Å². The summed E-state index contributed by atoms with van der Waals surface area (Å²) in [5.74, 6) is -0.341. The van der Waals surface area contributed by atoms with E-state index in [0.717, 1.165) is 18.5 Å². The molecule has 0 aliphatic heterocycles. The lowest BCUT2D eigenvalue weighted by molar-refractivity contribution is 0.543. The average molecular weight is 313 g/mol. The van der Waals surface area contributed by atoms with Gasteiger partial charge in [0.25, 0.3) is 0 Å². The monoisotopic (exact) mass is 312 g/mol. The van der Waals surface area contributed by atoms with Gasteiger partial charge in [-0.2, -0.15) is 0 Å². The van der Waals surface area contributed by atoms with Crippen molar-refractivity contribution >= 4 is 23.2 Å². The molecule has 0 saturated carbocycles. The van der Waals surface area contributed by atoms with E-state index in [9.17, 15) is 4.39 Å². The van der Waals surface area contributed by atoms with E-state index in [1.807, 2.05) is 6.07 Å². The summed E-state index contributed by atoms with van der Waals surface area (Å²) in [6.07, 6.45) is 3.74. The number of nitrogens with zero attached hydrogens (tertiary/aromatic N) is 1. The summed E-state index contributed by atoms with van der Waals surface area (Å²) in [6, 6.07) is 6.73. The Balaban J connectivity index is 2.41. The number of benzene rings is 1. The van der Waals surface area contributed by atoms with Crippen LogP contribution in [0.5, 0.6) is 0 Å². The van der Waals surface area contributed by atoms with Gasteiger partial charge in [0, 0.05) is 11.8 Å². The van der Waals surface area contributed by atoms with Gasteiger partial charge in [-0.05, 0) is 36.7 Å². The summed E-state index contributed by atoms with van der Waals surface area (Å²) in [4.78, 5) is 3.78. The molecule has 1 N–H and O–H groups in total. The minimum atomic E-state index is -0.341. The second-order valence-electron chi connectivity index (χ2n) is 4.46. The van der Waals surface area contributed by atoms with Crippen molar-refractivity contribution in [3.63, 3.8) is 0 Å². The normalized spacial score (nSPS) is 12.4.